The molecule has 0 amide bonds. The first kappa shape index (κ1) is 13.6. The predicted octanol–water partition coefficient (Wildman–Crippen LogP) is 1.85. The Labute approximate surface area is 112 Å². The summed E-state index contributed by atoms with van der Waals surface area (Å²) in [6, 6.07) is 7.43. The highest BCUT2D eigenvalue weighted by molar-refractivity contribution is 6.32. The number of hydrogen-bond donors (Lipinski definition) is 1. The molecule has 1 fully saturated rings. The second kappa shape index (κ2) is 6.38. The molecule has 2 rings (SSSR count). The zero-order chi connectivity index (χ0) is 13.0. The van der Waals surface area contributed by atoms with E-state index in [0.29, 0.717) is 24.0 Å². The summed E-state index contributed by atoms with van der Waals surface area (Å²) in [5.74, 6) is 0.677. The maximum Gasteiger partial charge on any atom is 0.138 e. The Morgan fingerprint density at radius 1 is 1.33 bits per heavy atom. The van der Waals surface area contributed by atoms with E-state index in [4.69, 9.17) is 31.5 Å². The Hall–Kier alpha value is -0.810. The molecule has 3 unspecified atom stereocenters. The van der Waals surface area contributed by atoms with Gasteiger partial charge in [0.15, 0.2) is 0 Å². The van der Waals surface area contributed by atoms with E-state index in [1.54, 1.807) is 13.2 Å². The molecule has 1 aromatic rings. The number of para-hydroxylation sites is 1. The molecule has 3 atom stereocenters. The topological polar surface area (TPSA) is 53.7 Å². The number of benzene rings is 1. The number of rotatable bonds is 6. The highest BCUT2D eigenvalue weighted by Gasteiger charge is 2.41. The highest BCUT2D eigenvalue weighted by Crippen LogP contribution is 2.31. The van der Waals surface area contributed by atoms with Crippen LogP contribution in [0, 0.1) is 0 Å². The van der Waals surface area contributed by atoms with Crippen molar-refractivity contribution in [2.75, 3.05) is 20.3 Å². The molecule has 100 valence electrons. The normalized spacial score (nSPS) is 26.7. The summed E-state index contributed by atoms with van der Waals surface area (Å²) in [7, 11) is 1.64. The SMILES string of the molecule is COCCOC1C(N)CC1Oc1ccccc1Cl. The van der Waals surface area contributed by atoms with Crippen LogP contribution in [0.2, 0.25) is 5.02 Å². The van der Waals surface area contributed by atoms with Gasteiger partial charge in [0.25, 0.3) is 0 Å². The van der Waals surface area contributed by atoms with Crippen LogP contribution in [0.5, 0.6) is 5.75 Å². The fraction of sp³-hybridized carbons (Fsp3) is 0.538. The molecule has 18 heavy (non-hydrogen) atoms. The molecule has 0 saturated heterocycles. The second-order valence-corrected chi connectivity index (χ2v) is 4.72. The average molecular weight is 272 g/mol. The van der Waals surface area contributed by atoms with E-state index >= 15 is 0 Å². The van der Waals surface area contributed by atoms with E-state index < -0.39 is 0 Å². The molecule has 0 spiro atoms. The lowest BCUT2D eigenvalue weighted by atomic mass is 9.86. The maximum atomic E-state index is 6.04. The zero-order valence-electron chi connectivity index (χ0n) is 10.3. The monoisotopic (exact) mass is 271 g/mol. The van der Waals surface area contributed by atoms with Crippen LogP contribution in [-0.4, -0.2) is 38.6 Å². The minimum atomic E-state index is -0.0866. The van der Waals surface area contributed by atoms with Crippen molar-refractivity contribution in [3.8, 4) is 5.75 Å². The number of hydrogen-bond acceptors (Lipinski definition) is 4. The molecule has 4 nitrogen and oxygen atoms in total. The molecule has 1 aliphatic rings. The third-order valence-corrected chi connectivity index (χ3v) is 3.32. The van der Waals surface area contributed by atoms with Crippen molar-refractivity contribution in [1.82, 2.24) is 0 Å². The Balaban J connectivity index is 1.88. The predicted molar refractivity (Wildman–Crippen MR) is 70.1 cm³/mol. The third-order valence-electron chi connectivity index (χ3n) is 3.01. The van der Waals surface area contributed by atoms with Gasteiger partial charge < -0.3 is 19.9 Å². The summed E-state index contributed by atoms with van der Waals surface area (Å²) in [6.45, 7) is 1.08. The summed E-state index contributed by atoms with van der Waals surface area (Å²) in [5, 5.41) is 0.605. The first-order valence-corrected chi connectivity index (χ1v) is 6.37. The number of nitrogens with two attached hydrogens (primary N) is 1. The number of methoxy groups -OCH3 is 1. The molecular formula is C13H18ClNO3. The first-order valence-electron chi connectivity index (χ1n) is 5.99. The van der Waals surface area contributed by atoms with E-state index in [9.17, 15) is 0 Å². The average Bonchev–Trinajstić information content (AvgIpc) is 2.36. The molecule has 1 saturated carbocycles. The third kappa shape index (κ3) is 3.14. The van der Waals surface area contributed by atoms with Gasteiger partial charge in [0.1, 0.15) is 18.0 Å². The van der Waals surface area contributed by atoms with Crippen LogP contribution >= 0.6 is 11.6 Å². The van der Waals surface area contributed by atoms with Gasteiger partial charge in [0.05, 0.1) is 18.2 Å². The summed E-state index contributed by atoms with van der Waals surface area (Å²) in [5.41, 5.74) is 5.91. The summed E-state index contributed by atoms with van der Waals surface area (Å²) >= 11 is 6.04. The van der Waals surface area contributed by atoms with Crippen molar-refractivity contribution in [2.45, 2.75) is 24.7 Å². The Morgan fingerprint density at radius 3 is 2.78 bits per heavy atom. The molecule has 0 aromatic heterocycles. The second-order valence-electron chi connectivity index (χ2n) is 4.31. The van der Waals surface area contributed by atoms with Gasteiger partial charge in [-0.25, -0.2) is 0 Å². The smallest absolute Gasteiger partial charge is 0.138 e. The van der Waals surface area contributed by atoms with Crippen LogP contribution in [0.1, 0.15) is 6.42 Å². The van der Waals surface area contributed by atoms with E-state index in [0.717, 1.165) is 6.42 Å². The summed E-state index contributed by atoms with van der Waals surface area (Å²) in [4.78, 5) is 0. The van der Waals surface area contributed by atoms with Crippen molar-refractivity contribution < 1.29 is 14.2 Å². The van der Waals surface area contributed by atoms with Crippen LogP contribution in [0.3, 0.4) is 0 Å². The van der Waals surface area contributed by atoms with E-state index in [-0.39, 0.29) is 18.2 Å². The molecule has 2 N–H and O–H groups in total. The highest BCUT2D eigenvalue weighted by atomic mass is 35.5. The lowest BCUT2D eigenvalue weighted by Crippen LogP contribution is -2.59. The molecule has 5 heteroatoms. The minimum Gasteiger partial charge on any atom is -0.486 e. The number of ether oxygens (including phenoxy) is 3. The lowest BCUT2D eigenvalue weighted by molar-refractivity contribution is -0.107. The van der Waals surface area contributed by atoms with Gasteiger partial charge in [-0.05, 0) is 12.1 Å². The van der Waals surface area contributed by atoms with Crippen LogP contribution < -0.4 is 10.5 Å². The van der Waals surface area contributed by atoms with E-state index in [1.165, 1.54) is 0 Å². The molecular weight excluding hydrogens is 254 g/mol. The van der Waals surface area contributed by atoms with Crippen molar-refractivity contribution in [1.29, 1.82) is 0 Å². The van der Waals surface area contributed by atoms with Gasteiger partial charge in [-0.3, -0.25) is 0 Å². The summed E-state index contributed by atoms with van der Waals surface area (Å²) < 4.78 is 16.4. The molecule has 1 aliphatic carbocycles. The van der Waals surface area contributed by atoms with Crippen molar-refractivity contribution in [3.63, 3.8) is 0 Å². The standard InChI is InChI=1S/C13H18ClNO3/c1-16-6-7-17-13-10(15)8-12(13)18-11-5-3-2-4-9(11)14/h2-5,10,12-13H,6-8,15H2,1H3. The van der Waals surface area contributed by atoms with Crippen LogP contribution in [0.4, 0.5) is 0 Å². The Kier molecular flexibility index (Phi) is 4.83. The summed E-state index contributed by atoms with van der Waals surface area (Å²) in [6.07, 6.45) is 0.663. The molecule has 1 aromatic carbocycles. The van der Waals surface area contributed by atoms with Crippen LogP contribution in [0.15, 0.2) is 24.3 Å². The van der Waals surface area contributed by atoms with Gasteiger partial charge in [-0.2, -0.15) is 0 Å². The maximum absolute atomic E-state index is 6.04. The Morgan fingerprint density at radius 2 is 2.11 bits per heavy atom. The molecule has 0 bridgehead atoms. The molecule has 0 radical (unpaired) electrons. The lowest BCUT2D eigenvalue weighted by Gasteiger charge is -2.41. The van der Waals surface area contributed by atoms with Crippen molar-refractivity contribution in [3.05, 3.63) is 29.3 Å². The van der Waals surface area contributed by atoms with E-state index in [2.05, 4.69) is 0 Å². The van der Waals surface area contributed by atoms with Gasteiger partial charge in [-0.1, -0.05) is 23.7 Å². The number of halogens is 1. The minimum absolute atomic E-state index is 0.0225. The molecule has 0 heterocycles. The fourth-order valence-electron chi connectivity index (χ4n) is 1.93. The van der Waals surface area contributed by atoms with Gasteiger partial charge in [0.2, 0.25) is 0 Å². The van der Waals surface area contributed by atoms with Gasteiger partial charge >= 0.3 is 0 Å². The quantitative estimate of drug-likeness (QED) is 0.803. The Bertz CT molecular complexity index is 388. The van der Waals surface area contributed by atoms with Crippen LogP contribution in [0.25, 0.3) is 0 Å². The van der Waals surface area contributed by atoms with E-state index in [1.807, 2.05) is 18.2 Å². The van der Waals surface area contributed by atoms with Gasteiger partial charge in [-0.15, -0.1) is 0 Å². The van der Waals surface area contributed by atoms with Gasteiger partial charge in [0, 0.05) is 19.6 Å². The largest absolute Gasteiger partial charge is 0.486 e. The fourth-order valence-corrected chi connectivity index (χ4v) is 2.11. The zero-order valence-corrected chi connectivity index (χ0v) is 11.1. The van der Waals surface area contributed by atoms with Crippen molar-refractivity contribution >= 4 is 11.6 Å². The van der Waals surface area contributed by atoms with Crippen molar-refractivity contribution in [2.24, 2.45) is 5.73 Å². The van der Waals surface area contributed by atoms with Crippen LogP contribution in [-0.2, 0) is 9.47 Å². The molecule has 0 aliphatic heterocycles. The first-order chi connectivity index (χ1) is 8.72.